The first-order valence-electron chi connectivity index (χ1n) is 12.4. The summed E-state index contributed by atoms with van der Waals surface area (Å²) in [6.45, 7) is 15.4. The maximum atomic E-state index is 12.8. The predicted octanol–water partition coefficient (Wildman–Crippen LogP) is 3.93. The summed E-state index contributed by atoms with van der Waals surface area (Å²) in [5.74, 6) is -1.51. The lowest BCUT2D eigenvalue weighted by molar-refractivity contribution is -0.187. The van der Waals surface area contributed by atoms with Crippen molar-refractivity contribution in [3.63, 3.8) is 0 Å². The third-order valence-corrected chi connectivity index (χ3v) is 7.30. The molecule has 3 N–H and O–H groups in total. The number of carbonyl (C=O) groups excluding carboxylic acids is 1. The summed E-state index contributed by atoms with van der Waals surface area (Å²) in [4.78, 5) is 18.4. The van der Waals surface area contributed by atoms with E-state index in [1.165, 1.54) is 6.92 Å². The molecule has 0 spiro atoms. The average molecular weight is 458 g/mol. The van der Waals surface area contributed by atoms with Gasteiger partial charge in [-0.25, -0.2) is 0 Å². The highest BCUT2D eigenvalue weighted by Crippen LogP contribution is 2.33. The van der Waals surface area contributed by atoms with Crippen molar-refractivity contribution in [1.29, 1.82) is 0 Å². The highest BCUT2D eigenvalue weighted by Gasteiger charge is 2.46. The molecule has 7 heteroatoms. The molecule has 0 aliphatic carbocycles. The van der Waals surface area contributed by atoms with Gasteiger partial charge < -0.3 is 24.9 Å². The second-order valence-electron chi connectivity index (χ2n) is 10.2. The molecule has 1 fully saturated rings. The number of unbranched alkanes of at least 4 members (excludes halogenated alkanes) is 1. The standard InChI is InChI=1S/C25H47NO6/c1-9-11-12-31-26-22-17(5)14-20(27)16(4)13-15(3)18(6)24(29)32-21(10-2)25(8,30)23(28)19(22)7/h15-21,23,27-28,30H,9-14H2,1-8H3/b26-22+/t15-,16+,17+,18+,19-,20+,21+,23+,25+/m0/s1. The smallest absolute Gasteiger partial charge is 0.309 e. The molecule has 1 heterocycles. The van der Waals surface area contributed by atoms with Gasteiger partial charge in [-0.05, 0) is 44.4 Å². The Morgan fingerprint density at radius 3 is 2.25 bits per heavy atom. The molecule has 0 radical (unpaired) electrons. The van der Waals surface area contributed by atoms with Crippen molar-refractivity contribution >= 4 is 11.7 Å². The van der Waals surface area contributed by atoms with Crippen molar-refractivity contribution in [2.24, 2.45) is 34.7 Å². The van der Waals surface area contributed by atoms with Crippen LogP contribution in [-0.4, -0.2) is 57.5 Å². The number of hydrogen-bond acceptors (Lipinski definition) is 7. The first-order chi connectivity index (χ1) is 14.9. The summed E-state index contributed by atoms with van der Waals surface area (Å²) < 4.78 is 5.72. The number of aliphatic hydroxyl groups is 3. The van der Waals surface area contributed by atoms with E-state index in [9.17, 15) is 20.1 Å². The van der Waals surface area contributed by atoms with E-state index < -0.39 is 35.8 Å². The van der Waals surface area contributed by atoms with Gasteiger partial charge in [-0.2, -0.15) is 0 Å². The van der Waals surface area contributed by atoms with Gasteiger partial charge in [0.1, 0.15) is 18.3 Å². The molecule has 188 valence electrons. The van der Waals surface area contributed by atoms with Crippen LogP contribution >= 0.6 is 0 Å². The Morgan fingerprint density at radius 1 is 1.06 bits per heavy atom. The van der Waals surface area contributed by atoms with Crippen LogP contribution in [0.2, 0.25) is 0 Å². The second-order valence-corrected chi connectivity index (χ2v) is 10.2. The van der Waals surface area contributed by atoms with Crippen molar-refractivity contribution in [2.45, 2.75) is 111 Å². The molecule has 9 atom stereocenters. The fourth-order valence-corrected chi connectivity index (χ4v) is 4.57. The average Bonchev–Trinajstić information content (AvgIpc) is 2.74. The molecular weight excluding hydrogens is 410 g/mol. The second kappa shape index (κ2) is 12.9. The zero-order valence-electron chi connectivity index (χ0n) is 21.4. The number of esters is 1. The molecule has 1 aliphatic heterocycles. The van der Waals surface area contributed by atoms with Crippen LogP contribution in [0.5, 0.6) is 0 Å². The summed E-state index contributed by atoms with van der Waals surface area (Å²) in [6.07, 6.45) is 0.661. The summed E-state index contributed by atoms with van der Waals surface area (Å²) >= 11 is 0. The van der Waals surface area contributed by atoms with Gasteiger partial charge in [0.25, 0.3) is 0 Å². The topological polar surface area (TPSA) is 109 Å². The summed E-state index contributed by atoms with van der Waals surface area (Å²) in [5.41, 5.74) is -1.08. The molecular formula is C25H47NO6. The van der Waals surface area contributed by atoms with E-state index in [4.69, 9.17) is 9.57 Å². The van der Waals surface area contributed by atoms with E-state index in [1.54, 1.807) is 6.92 Å². The number of oxime groups is 1. The summed E-state index contributed by atoms with van der Waals surface area (Å²) in [7, 11) is 0. The maximum Gasteiger partial charge on any atom is 0.309 e. The van der Waals surface area contributed by atoms with Crippen LogP contribution < -0.4 is 0 Å². The Balaban J connectivity index is 3.37. The number of nitrogens with zero attached hydrogens (tertiary/aromatic N) is 1. The molecule has 1 aliphatic rings. The maximum absolute atomic E-state index is 12.8. The lowest BCUT2D eigenvalue weighted by atomic mass is 9.76. The number of rotatable bonds is 5. The molecule has 0 aromatic rings. The molecule has 32 heavy (non-hydrogen) atoms. The van der Waals surface area contributed by atoms with E-state index in [0.29, 0.717) is 31.6 Å². The van der Waals surface area contributed by atoms with Gasteiger partial charge in [0.2, 0.25) is 0 Å². The van der Waals surface area contributed by atoms with Crippen molar-refractivity contribution in [3.05, 3.63) is 0 Å². The van der Waals surface area contributed by atoms with Crippen LogP contribution in [0.25, 0.3) is 0 Å². The minimum atomic E-state index is -1.67. The van der Waals surface area contributed by atoms with Crippen LogP contribution in [0.3, 0.4) is 0 Å². The Bertz CT molecular complexity index is 607. The summed E-state index contributed by atoms with van der Waals surface area (Å²) in [5, 5.41) is 37.7. The monoisotopic (exact) mass is 457 g/mol. The molecule has 0 unspecified atom stereocenters. The Labute approximate surface area is 194 Å². The van der Waals surface area contributed by atoms with Gasteiger partial charge in [-0.15, -0.1) is 0 Å². The van der Waals surface area contributed by atoms with Crippen molar-refractivity contribution < 1.29 is 29.7 Å². The van der Waals surface area contributed by atoms with Crippen LogP contribution in [0.1, 0.15) is 87.5 Å². The van der Waals surface area contributed by atoms with E-state index in [2.05, 4.69) is 12.1 Å². The van der Waals surface area contributed by atoms with Gasteiger partial charge in [-0.3, -0.25) is 4.79 Å². The molecule has 7 nitrogen and oxygen atoms in total. The van der Waals surface area contributed by atoms with Gasteiger partial charge in [0, 0.05) is 11.8 Å². The Kier molecular flexibility index (Phi) is 11.6. The van der Waals surface area contributed by atoms with Gasteiger partial charge >= 0.3 is 5.97 Å². The quantitative estimate of drug-likeness (QED) is 0.328. The van der Waals surface area contributed by atoms with Crippen LogP contribution in [0.4, 0.5) is 0 Å². The number of aliphatic hydroxyl groups excluding tert-OH is 2. The molecule has 0 bridgehead atoms. The van der Waals surface area contributed by atoms with Gasteiger partial charge in [0.05, 0.1) is 23.8 Å². The van der Waals surface area contributed by atoms with E-state index in [0.717, 1.165) is 12.8 Å². The van der Waals surface area contributed by atoms with Gasteiger partial charge in [0.15, 0.2) is 0 Å². The molecule has 0 saturated carbocycles. The van der Waals surface area contributed by atoms with Crippen LogP contribution in [-0.2, 0) is 14.4 Å². The minimum absolute atomic E-state index is 0.00205. The number of carbonyl (C=O) groups is 1. The highest BCUT2D eigenvalue weighted by molar-refractivity contribution is 5.88. The number of cyclic esters (lactones) is 1. The van der Waals surface area contributed by atoms with E-state index >= 15 is 0 Å². The number of ether oxygens (including phenoxy) is 1. The molecule has 0 amide bonds. The normalized spacial score (nSPS) is 41.7. The summed E-state index contributed by atoms with van der Waals surface area (Å²) in [6, 6.07) is 0. The third kappa shape index (κ3) is 7.42. The molecule has 1 rings (SSSR count). The van der Waals surface area contributed by atoms with Crippen LogP contribution in [0, 0.1) is 29.6 Å². The van der Waals surface area contributed by atoms with Crippen LogP contribution in [0.15, 0.2) is 5.16 Å². The SMILES string of the molecule is CCCCO/N=C1\[C@H](C)C[C@@H](O)[C@H](C)C[C@H](C)[C@@H](C)C(=O)O[C@H](CC)[C@@](C)(O)[C@H](O)[C@H]1C. The minimum Gasteiger partial charge on any atom is -0.459 e. The van der Waals surface area contributed by atoms with E-state index in [1.807, 2.05) is 34.6 Å². The Hall–Kier alpha value is -1.18. The largest absolute Gasteiger partial charge is 0.459 e. The molecule has 0 aromatic carbocycles. The fraction of sp³-hybridized carbons (Fsp3) is 0.920. The molecule has 1 saturated heterocycles. The van der Waals surface area contributed by atoms with Crippen molar-refractivity contribution in [1.82, 2.24) is 0 Å². The lowest BCUT2D eigenvalue weighted by Gasteiger charge is -2.40. The first kappa shape index (κ1) is 28.9. The van der Waals surface area contributed by atoms with Crippen molar-refractivity contribution in [3.8, 4) is 0 Å². The highest BCUT2D eigenvalue weighted by atomic mass is 16.6. The fourth-order valence-electron chi connectivity index (χ4n) is 4.57. The van der Waals surface area contributed by atoms with Gasteiger partial charge in [-0.1, -0.05) is 60.0 Å². The molecule has 0 aromatic heterocycles. The van der Waals surface area contributed by atoms with Crippen molar-refractivity contribution in [2.75, 3.05) is 6.61 Å². The Morgan fingerprint density at radius 2 is 1.69 bits per heavy atom. The van der Waals surface area contributed by atoms with E-state index in [-0.39, 0.29) is 23.7 Å². The lowest BCUT2D eigenvalue weighted by Crippen LogP contribution is -2.56. The number of hydrogen-bond donors (Lipinski definition) is 3. The zero-order chi connectivity index (χ0) is 24.6. The first-order valence-corrected chi connectivity index (χ1v) is 12.4. The zero-order valence-corrected chi connectivity index (χ0v) is 21.4. The predicted molar refractivity (Wildman–Crippen MR) is 126 cm³/mol. The third-order valence-electron chi connectivity index (χ3n) is 7.30.